The Hall–Kier alpha value is -0.770. The molecule has 1 atom stereocenters. The molecule has 1 aromatic heterocycles. The molecule has 1 unspecified atom stereocenters. The third-order valence-electron chi connectivity index (χ3n) is 4.10. The van der Waals surface area contributed by atoms with Crippen molar-refractivity contribution >= 4 is 34.2 Å². The van der Waals surface area contributed by atoms with E-state index in [9.17, 15) is 0 Å². The molecule has 0 N–H and O–H groups in total. The van der Waals surface area contributed by atoms with Crippen LogP contribution >= 0.6 is 23.2 Å². The first-order valence-corrected chi connectivity index (χ1v) is 7.88. The number of hydrogen-bond donors (Lipinski definition) is 0. The van der Waals surface area contributed by atoms with Crippen molar-refractivity contribution in [2.24, 2.45) is 0 Å². The Labute approximate surface area is 129 Å². The summed E-state index contributed by atoms with van der Waals surface area (Å²) in [6.45, 7) is 4.18. The second-order valence-electron chi connectivity index (χ2n) is 5.60. The van der Waals surface area contributed by atoms with E-state index in [1.165, 1.54) is 0 Å². The lowest BCUT2D eigenvalue weighted by atomic mass is 10.0. The highest BCUT2D eigenvalue weighted by atomic mass is 35.5. The van der Waals surface area contributed by atoms with Gasteiger partial charge in [-0.05, 0) is 52.0 Å². The summed E-state index contributed by atoms with van der Waals surface area (Å²) in [6.07, 6.45) is 2.23. The summed E-state index contributed by atoms with van der Waals surface area (Å²) in [7, 11) is 2.17. The van der Waals surface area contributed by atoms with Gasteiger partial charge >= 0.3 is 0 Å². The molecule has 1 aromatic carbocycles. The molecule has 1 aliphatic rings. The molecule has 108 valence electrons. The number of imidazole rings is 1. The van der Waals surface area contributed by atoms with Gasteiger partial charge in [-0.25, -0.2) is 4.98 Å². The summed E-state index contributed by atoms with van der Waals surface area (Å²) in [5.74, 6) is 0.935. The highest BCUT2D eigenvalue weighted by Gasteiger charge is 2.25. The second-order valence-corrected chi connectivity index (χ2v) is 6.66. The number of para-hydroxylation sites is 1. The van der Waals surface area contributed by atoms with Gasteiger partial charge in [0.2, 0.25) is 0 Å². The zero-order valence-electron chi connectivity index (χ0n) is 11.8. The predicted octanol–water partition coefficient (Wildman–Crippen LogP) is 4.26. The molecule has 0 bridgehead atoms. The number of fused-ring (bicyclic) bond motifs is 1. The lowest BCUT2D eigenvalue weighted by Gasteiger charge is -2.31. The molecule has 2 aromatic rings. The SMILES string of the molecule is CC(Cl)c1nc2cccc(Cl)c2n1C1CCN(C)CC1. The Bertz CT molecular complexity index is 613. The van der Waals surface area contributed by atoms with Gasteiger partial charge in [-0.2, -0.15) is 0 Å². The standard InChI is InChI=1S/C15H19Cl2N3/c1-10(16)15-18-13-5-3-4-12(17)14(13)20(15)11-6-8-19(2)9-7-11/h3-5,10-11H,6-9H2,1-2H3. The first-order chi connectivity index (χ1) is 9.58. The molecule has 20 heavy (non-hydrogen) atoms. The van der Waals surface area contributed by atoms with Gasteiger partial charge in [0.25, 0.3) is 0 Å². The Morgan fingerprint density at radius 2 is 2.00 bits per heavy atom. The maximum absolute atomic E-state index is 6.41. The van der Waals surface area contributed by atoms with E-state index in [1.54, 1.807) is 0 Å². The fourth-order valence-electron chi connectivity index (χ4n) is 3.03. The van der Waals surface area contributed by atoms with E-state index >= 15 is 0 Å². The third kappa shape index (κ3) is 2.43. The summed E-state index contributed by atoms with van der Waals surface area (Å²) in [5, 5.41) is 0.649. The largest absolute Gasteiger partial charge is 0.322 e. The Kier molecular flexibility index (Phi) is 3.93. The van der Waals surface area contributed by atoms with Crippen molar-refractivity contribution in [3.05, 3.63) is 29.0 Å². The van der Waals surface area contributed by atoms with E-state index in [0.717, 1.165) is 47.8 Å². The summed E-state index contributed by atoms with van der Waals surface area (Å²) in [5.41, 5.74) is 1.98. The molecule has 1 fully saturated rings. The minimum absolute atomic E-state index is 0.113. The first-order valence-electron chi connectivity index (χ1n) is 7.07. The van der Waals surface area contributed by atoms with Crippen LogP contribution in [-0.4, -0.2) is 34.6 Å². The molecule has 0 spiro atoms. The van der Waals surface area contributed by atoms with Crippen molar-refractivity contribution in [3.8, 4) is 0 Å². The van der Waals surface area contributed by atoms with Gasteiger partial charge in [0, 0.05) is 6.04 Å². The van der Waals surface area contributed by atoms with Crippen LogP contribution in [0.5, 0.6) is 0 Å². The van der Waals surface area contributed by atoms with Gasteiger partial charge in [0.05, 0.1) is 21.4 Å². The van der Waals surface area contributed by atoms with Crippen molar-refractivity contribution in [2.45, 2.75) is 31.2 Å². The average Bonchev–Trinajstić information content (AvgIpc) is 2.81. The Morgan fingerprint density at radius 3 is 2.65 bits per heavy atom. The van der Waals surface area contributed by atoms with Crippen LogP contribution in [0.15, 0.2) is 18.2 Å². The van der Waals surface area contributed by atoms with Gasteiger partial charge < -0.3 is 9.47 Å². The number of alkyl halides is 1. The molecule has 0 aliphatic carbocycles. The maximum Gasteiger partial charge on any atom is 0.128 e. The number of halogens is 2. The van der Waals surface area contributed by atoms with Crippen LogP contribution in [-0.2, 0) is 0 Å². The van der Waals surface area contributed by atoms with Crippen molar-refractivity contribution in [1.29, 1.82) is 0 Å². The lowest BCUT2D eigenvalue weighted by Crippen LogP contribution is -2.32. The minimum atomic E-state index is -0.113. The van der Waals surface area contributed by atoms with Crippen LogP contribution in [0.2, 0.25) is 5.02 Å². The number of nitrogens with zero attached hydrogens (tertiary/aromatic N) is 3. The fourth-order valence-corrected chi connectivity index (χ4v) is 3.44. The van der Waals surface area contributed by atoms with E-state index in [2.05, 4.69) is 16.5 Å². The molecule has 2 heterocycles. The normalized spacial score (nSPS) is 19.6. The molecule has 1 aliphatic heterocycles. The Morgan fingerprint density at radius 1 is 1.30 bits per heavy atom. The average molecular weight is 312 g/mol. The Balaban J connectivity index is 2.13. The van der Waals surface area contributed by atoms with Crippen LogP contribution < -0.4 is 0 Å². The number of rotatable bonds is 2. The van der Waals surface area contributed by atoms with E-state index < -0.39 is 0 Å². The molecule has 0 saturated carbocycles. The zero-order chi connectivity index (χ0) is 14.3. The molecule has 3 nitrogen and oxygen atoms in total. The van der Waals surface area contributed by atoms with Crippen LogP contribution in [0, 0.1) is 0 Å². The molecule has 0 amide bonds. The second kappa shape index (κ2) is 5.55. The highest BCUT2D eigenvalue weighted by molar-refractivity contribution is 6.35. The van der Waals surface area contributed by atoms with E-state index in [1.807, 2.05) is 25.1 Å². The van der Waals surface area contributed by atoms with Crippen LogP contribution in [0.1, 0.15) is 37.0 Å². The first kappa shape index (κ1) is 14.2. The van der Waals surface area contributed by atoms with Crippen molar-refractivity contribution in [1.82, 2.24) is 14.5 Å². The van der Waals surface area contributed by atoms with Crippen molar-refractivity contribution in [3.63, 3.8) is 0 Å². The molecular formula is C15H19Cl2N3. The summed E-state index contributed by atoms with van der Waals surface area (Å²) < 4.78 is 2.28. The van der Waals surface area contributed by atoms with Gasteiger partial charge in [-0.1, -0.05) is 17.7 Å². The number of benzene rings is 1. The van der Waals surface area contributed by atoms with Crippen LogP contribution in [0.25, 0.3) is 11.0 Å². The molecule has 1 saturated heterocycles. The van der Waals surface area contributed by atoms with E-state index in [0.29, 0.717) is 6.04 Å². The molecule has 0 radical (unpaired) electrons. The number of aromatic nitrogens is 2. The third-order valence-corrected chi connectivity index (χ3v) is 4.60. The van der Waals surface area contributed by atoms with E-state index in [4.69, 9.17) is 28.2 Å². The van der Waals surface area contributed by atoms with Crippen LogP contribution in [0.3, 0.4) is 0 Å². The predicted molar refractivity (Wildman–Crippen MR) is 84.8 cm³/mol. The summed E-state index contributed by atoms with van der Waals surface area (Å²) in [6, 6.07) is 6.32. The quantitative estimate of drug-likeness (QED) is 0.773. The fraction of sp³-hybridized carbons (Fsp3) is 0.533. The number of piperidine rings is 1. The zero-order valence-corrected chi connectivity index (χ0v) is 13.3. The van der Waals surface area contributed by atoms with Gasteiger partial charge in [-0.15, -0.1) is 11.6 Å². The molecule has 5 heteroatoms. The molecular weight excluding hydrogens is 293 g/mol. The topological polar surface area (TPSA) is 21.1 Å². The molecule has 3 rings (SSSR count). The van der Waals surface area contributed by atoms with Gasteiger partial charge in [0.15, 0.2) is 0 Å². The smallest absolute Gasteiger partial charge is 0.128 e. The minimum Gasteiger partial charge on any atom is -0.322 e. The monoisotopic (exact) mass is 311 g/mol. The van der Waals surface area contributed by atoms with Crippen molar-refractivity contribution < 1.29 is 0 Å². The van der Waals surface area contributed by atoms with Gasteiger partial charge in [-0.3, -0.25) is 0 Å². The van der Waals surface area contributed by atoms with Gasteiger partial charge in [0.1, 0.15) is 5.82 Å². The summed E-state index contributed by atoms with van der Waals surface area (Å²) >= 11 is 12.8. The summed E-state index contributed by atoms with van der Waals surface area (Å²) in [4.78, 5) is 7.06. The number of hydrogen-bond acceptors (Lipinski definition) is 2. The van der Waals surface area contributed by atoms with Crippen molar-refractivity contribution in [2.75, 3.05) is 20.1 Å². The highest BCUT2D eigenvalue weighted by Crippen LogP contribution is 2.35. The van der Waals surface area contributed by atoms with E-state index in [-0.39, 0.29) is 5.38 Å². The lowest BCUT2D eigenvalue weighted by molar-refractivity contribution is 0.221. The maximum atomic E-state index is 6.41. The van der Waals surface area contributed by atoms with Crippen LogP contribution in [0.4, 0.5) is 0 Å². The number of likely N-dealkylation sites (tertiary alicyclic amines) is 1.